The summed E-state index contributed by atoms with van der Waals surface area (Å²) in [5.41, 5.74) is 2.60. The monoisotopic (exact) mass is 347 g/mol. The smallest absolute Gasteiger partial charge is 0.249 e. The number of hydrogen-bond donors (Lipinski definition) is 1. The van der Waals surface area contributed by atoms with E-state index in [2.05, 4.69) is 44.5 Å². The number of anilines is 3. The van der Waals surface area contributed by atoms with Gasteiger partial charge < -0.3 is 10.2 Å². The molecule has 6 heteroatoms. The average Bonchev–Trinajstić information content (AvgIpc) is 2.67. The van der Waals surface area contributed by atoms with Crippen LogP contribution in [0.15, 0.2) is 60.8 Å². The largest absolute Gasteiger partial charge is 0.351 e. The summed E-state index contributed by atoms with van der Waals surface area (Å²) in [6, 6.07) is 17.5. The highest BCUT2D eigenvalue weighted by Gasteiger charge is 2.10. The molecule has 0 saturated heterocycles. The van der Waals surface area contributed by atoms with Crippen molar-refractivity contribution in [2.24, 2.45) is 0 Å². The van der Waals surface area contributed by atoms with Crippen LogP contribution >= 0.6 is 0 Å². The van der Waals surface area contributed by atoms with Crippen molar-refractivity contribution in [2.75, 3.05) is 16.8 Å². The van der Waals surface area contributed by atoms with Gasteiger partial charge >= 0.3 is 0 Å². The zero-order valence-electron chi connectivity index (χ0n) is 14.9. The first-order chi connectivity index (χ1) is 12.7. The molecule has 3 aromatic rings. The van der Waals surface area contributed by atoms with Gasteiger partial charge in [-0.1, -0.05) is 42.5 Å². The fourth-order valence-corrected chi connectivity index (χ4v) is 2.60. The molecule has 132 valence electrons. The highest BCUT2D eigenvalue weighted by atomic mass is 16.1. The number of nitrogens with zero attached hydrogens (tertiary/aromatic N) is 4. The van der Waals surface area contributed by atoms with Crippen molar-refractivity contribution in [3.05, 3.63) is 71.9 Å². The Hall–Kier alpha value is -3.28. The van der Waals surface area contributed by atoms with E-state index in [4.69, 9.17) is 0 Å². The number of ketones is 1. The Balaban J connectivity index is 1.78. The van der Waals surface area contributed by atoms with Crippen LogP contribution in [0.5, 0.6) is 0 Å². The van der Waals surface area contributed by atoms with Crippen molar-refractivity contribution in [3.8, 4) is 0 Å². The van der Waals surface area contributed by atoms with Crippen molar-refractivity contribution < 1.29 is 4.79 Å². The maximum atomic E-state index is 11.5. The van der Waals surface area contributed by atoms with Gasteiger partial charge in [0.05, 0.1) is 6.20 Å². The van der Waals surface area contributed by atoms with Gasteiger partial charge in [-0.15, -0.1) is 5.10 Å². The van der Waals surface area contributed by atoms with Crippen LogP contribution in [0, 0.1) is 0 Å². The van der Waals surface area contributed by atoms with Gasteiger partial charge in [-0.05, 0) is 31.5 Å². The molecule has 6 nitrogen and oxygen atoms in total. The van der Waals surface area contributed by atoms with E-state index >= 15 is 0 Å². The summed E-state index contributed by atoms with van der Waals surface area (Å²) >= 11 is 0. The van der Waals surface area contributed by atoms with Crippen LogP contribution in [-0.4, -0.2) is 27.5 Å². The van der Waals surface area contributed by atoms with Crippen LogP contribution in [0.1, 0.15) is 29.8 Å². The van der Waals surface area contributed by atoms with Gasteiger partial charge in [0.1, 0.15) is 0 Å². The molecule has 0 aliphatic rings. The fraction of sp³-hybridized carbons (Fsp3) is 0.200. The van der Waals surface area contributed by atoms with E-state index in [-0.39, 0.29) is 5.78 Å². The molecule has 0 spiro atoms. The second kappa shape index (κ2) is 8.20. The average molecular weight is 347 g/mol. The molecule has 1 N–H and O–H groups in total. The number of benzene rings is 2. The van der Waals surface area contributed by atoms with Gasteiger partial charge in [0.25, 0.3) is 0 Å². The normalized spacial score (nSPS) is 10.4. The van der Waals surface area contributed by atoms with E-state index in [1.807, 2.05) is 30.3 Å². The molecular formula is C20H21N5O. The third kappa shape index (κ3) is 4.42. The maximum Gasteiger partial charge on any atom is 0.249 e. The number of hydrogen-bond acceptors (Lipinski definition) is 6. The number of rotatable bonds is 7. The summed E-state index contributed by atoms with van der Waals surface area (Å²) in [6.45, 7) is 5.16. The molecule has 0 fully saturated rings. The van der Waals surface area contributed by atoms with E-state index < -0.39 is 0 Å². The predicted octanol–water partition coefficient (Wildman–Crippen LogP) is 3.84. The van der Waals surface area contributed by atoms with E-state index in [9.17, 15) is 4.79 Å². The molecule has 0 atom stereocenters. The molecule has 0 amide bonds. The Bertz CT molecular complexity index is 882. The maximum absolute atomic E-state index is 11.5. The Morgan fingerprint density at radius 2 is 1.92 bits per heavy atom. The molecule has 0 bridgehead atoms. The summed E-state index contributed by atoms with van der Waals surface area (Å²) in [4.78, 5) is 18.2. The van der Waals surface area contributed by atoms with Crippen molar-refractivity contribution in [3.63, 3.8) is 0 Å². The highest BCUT2D eigenvalue weighted by molar-refractivity contribution is 5.95. The Morgan fingerprint density at radius 3 is 2.65 bits per heavy atom. The lowest BCUT2D eigenvalue weighted by molar-refractivity contribution is 0.101. The number of carbonyl (C=O) groups is 1. The molecule has 26 heavy (non-hydrogen) atoms. The van der Waals surface area contributed by atoms with E-state index in [1.54, 1.807) is 25.3 Å². The molecule has 0 unspecified atom stereocenters. The summed E-state index contributed by atoms with van der Waals surface area (Å²) < 4.78 is 0. The molecule has 0 saturated carbocycles. The lowest BCUT2D eigenvalue weighted by Crippen LogP contribution is -2.23. The van der Waals surface area contributed by atoms with Crippen LogP contribution in [0.4, 0.5) is 17.5 Å². The zero-order valence-corrected chi connectivity index (χ0v) is 14.9. The minimum absolute atomic E-state index is 0.0152. The first-order valence-corrected chi connectivity index (χ1v) is 8.52. The van der Waals surface area contributed by atoms with Gasteiger partial charge in [0.15, 0.2) is 11.6 Å². The van der Waals surface area contributed by atoms with Gasteiger partial charge in [0.2, 0.25) is 5.95 Å². The van der Waals surface area contributed by atoms with Crippen LogP contribution in [0.3, 0.4) is 0 Å². The Kier molecular flexibility index (Phi) is 5.53. The fourth-order valence-electron chi connectivity index (χ4n) is 2.60. The SMILES string of the molecule is CCN(Cc1ccccc1)c1cnnc(Nc2cccc(C(C)=O)c2)n1. The molecule has 0 aliphatic carbocycles. The van der Waals surface area contributed by atoms with Gasteiger partial charge in [0, 0.05) is 24.3 Å². The molecule has 1 heterocycles. The standard InChI is InChI=1S/C20H21N5O/c1-3-25(14-16-8-5-4-6-9-16)19-13-21-24-20(23-19)22-18-11-7-10-17(12-18)15(2)26/h4-13H,3,14H2,1-2H3,(H,22,23,24). The lowest BCUT2D eigenvalue weighted by atomic mass is 10.1. The molecular weight excluding hydrogens is 326 g/mol. The number of Topliss-reactive ketones (excluding diaryl/α,β-unsaturated/α-hetero) is 1. The van der Waals surface area contributed by atoms with Gasteiger partial charge in [-0.25, -0.2) is 0 Å². The molecule has 3 rings (SSSR count). The number of nitrogens with one attached hydrogen (secondary N) is 1. The summed E-state index contributed by atoms with van der Waals surface area (Å²) in [6.07, 6.45) is 1.66. The van der Waals surface area contributed by atoms with E-state index in [0.717, 1.165) is 24.6 Å². The Morgan fingerprint density at radius 1 is 1.12 bits per heavy atom. The second-order valence-corrected chi connectivity index (χ2v) is 5.90. The molecule has 0 aliphatic heterocycles. The quantitative estimate of drug-likeness (QED) is 0.655. The zero-order chi connectivity index (χ0) is 18.4. The minimum atomic E-state index is 0.0152. The van der Waals surface area contributed by atoms with Gasteiger partial charge in [-0.3, -0.25) is 4.79 Å². The van der Waals surface area contributed by atoms with Crippen LogP contribution in [0.2, 0.25) is 0 Å². The van der Waals surface area contributed by atoms with Crippen molar-refractivity contribution >= 4 is 23.2 Å². The third-order valence-electron chi connectivity index (χ3n) is 3.99. The second-order valence-electron chi connectivity index (χ2n) is 5.90. The van der Waals surface area contributed by atoms with Crippen LogP contribution in [0.25, 0.3) is 0 Å². The topological polar surface area (TPSA) is 71.0 Å². The van der Waals surface area contributed by atoms with E-state index in [0.29, 0.717) is 11.5 Å². The van der Waals surface area contributed by atoms with Crippen molar-refractivity contribution in [1.29, 1.82) is 0 Å². The number of aromatic nitrogens is 3. The van der Waals surface area contributed by atoms with Gasteiger partial charge in [-0.2, -0.15) is 10.1 Å². The number of carbonyl (C=O) groups excluding carboxylic acids is 1. The first kappa shape index (κ1) is 17.5. The van der Waals surface area contributed by atoms with Crippen LogP contribution in [-0.2, 0) is 6.54 Å². The summed E-state index contributed by atoms with van der Waals surface area (Å²) in [5, 5.41) is 11.2. The first-order valence-electron chi connectivity index (χ1n) is 8.52. The highest BCUT2D eigenvalue weighted by Crippen LogP contribution is 2.18. The molecule has 0 radical (unpaired) electrons. The summed E-state index contributed by atoms with van der Waals surface area (Å²) in [5.74, 6) is 1.16. The predicted molar refractivity (Wildman–Crippen MR) is 103 cm³/mol. The van der Waals surface area contributed by atoms with Crippen LogP contribution < -0.4 is 10.2 Å². The minimum Gasteiger partial charge on any atom is -0.351 e. The van der Waals surface area contributed by atoms with E-state index in [1.165, 1.54) is 5.56 Å². The Labute approximate surface area is 152 Å². The summed E-state index contributed by atoms with van der Waals surface area (Å²) in [7, 11) is 0. The van der Waals surface area contributed by atoms with Crippen molar-refractivity contribution in [1.82, 2.24) is 15.2 Å². The van der Waals surface area contributed by atoms with Crippen molar-refractivity contribution in [2.45, 2.75) is 20.4 Å². The lowest BCUT2D eigenvalue weighted by Gasteiger charge is -2.21. The molecule has 2 aromatic carbocycles. The third-order valence-corrected chi connectivity index (χ3v) is 3.99. The molecule has 1 aromatic heterocycles.